The SMILES string of the molecule is CC1(C)C=[N+](CCS(=O)(=O)O)c2ccc(S(=O)(=O)O)cc21. The molecule has 7 nitrogen and oxygen atoms in total. The molecular formula is C12H16NO6S2+. The lowest BCUT2D eigenvalue weighted by molar-refractivity contribution is -0.427. The van der Waals surface area contributed by atoms with Gasteiger partial charge in [-0.2, -0.15) is 16.8 Å². The highest BCUT2D eigenvalue weighted by Crippen LogP contribution is 2.37. The fourth-order valence-electron chi connectivity index (χ4n) is 2.37. The van der Waals surface area contributed by atoms with Crippen molar-refractivity contribution in [3.8, 4) is 0 Å². The van der Waals surface area contributed by atoms with Crippen LogP contribution in [0.25, 0.3) is 0 Å². The Labute approximate surface area is 123 Å². The van der Waals surface area contributed by atoms with Crippen LogP contribution in [0, 0.1) is 0 Å². The number of benzene rings is 1. The highest BCUT2D eigenvalue weighted by atomic mass is 32.2. The summed E-state index contributed by atoms with van der Waals surface area (Å²) in [7, 11) is -8.38. The third kappa shape index (κ3) is 3.49. The Hall–Kier alpha value is -1.29. The zero-order valence-corrected chi connectivity index (χ0v) is 13.1. The summed E-state index contributed by atoms with van der Waals surface area (Å²) in [5, 5.41) is 0. The third-order valence-electron chi connectivity index (χ3n) is 3.34. The molecule has 1 heterocycles. The Balaban J connectivity index is 2.45. The molecule has 1 aliphatic rings. The van der Waals surface area contributed by atoms with Gasteiger partial charge in [0.1, 0.15) is 5.75 Å². The molecule has 0 saturated heterocycles. The molecule has 1 aromatic carbocycles. The van der Waals surface area contributed by atoms with Crippen molar-refractivity contribution in [1.82, 2.24) is 0 Å². The second-order valence-corrected chi connectivity index (χ2v) is 8.48. The molecule has 0 atom stereocenters. The minimum Gasteiger partial charge on any atom is -0.285 e. The summed E-state index contributed by atoms with van der Waals surface area (Å²) in [5.41, 5.74) is 0.791. The van der Waals surface area contributed by atoms with Crippen LogP contribution in [-0.4, -0.2) is 49.0 Å². The van der Waals surface area contributed by atoms with Gasteiger partial charge in [-0.05, 0) is 26.0 Å². The Morgan fingerprint density at radius 3 is 2.29 bits per heavy atom. The molecule has 0 bridgehead atoms. The molecule has 1 aliphatic heterocycles. The molecule has 0 unspecified atom stereocenters. The van der Waals surface area contributed by atoms with Crippen LogP contribution in [0.5, 0.6) is 0 Å². The van der Waals surface area contributed by atoms with Gasteiger partial charge in [-0.15, -0.1) is 0 Å². The predicted octanol–water partition coefficient (Wildman–Crippen LogP) is 0.827. The van der Waals surface area contributed by atoms with Crippen molar-refractivity contribution < 1.29 is 30.5 Å². The van der Waals surface area contributed by atoms with E-state index in [4.69, 9.17) is 9.11 Å². The Morgan fingerprint density at radius 2 is 1.76 bits per heavy atom. The van der Waals surface area contributed by atoms with Gasteiger partial charge >= 0.3 is 0 Å². The van der Waals surface area contributed by atoms with Crippen molar-refractivity contribution in [1.29, 1.82) is 0 Å². The van der Waals surface area contributed by atoms with E-state index < -0.39 is 31.4 Å². The van der Waals surface area contributed by atoms with Crippen molar-refractivity contribution in [3.05, 3.63) is 23.8 Å². The first kappa shape index (κ1) is 16.1. The van der Waals surface area contributed by atoms with Crippen LogP contribution in [-0.2, 0) is 25.7 Å². The van der Waals surface area contributed by atoms with Crippen LogP contribution in [0.3, 0.4) is 0 Å². The Bertz CT molecular complexity index is 821. The van der Waals surface area contributed by atoms with E-state index in [2.05, 4.69) is 0 Å². The summed E-state index contributed by atoms with van der Waals surface area (Å²) in [6.07, 6.45) is 1.76. The van der Waals surface area contributed by atoms with Gasteiger partial charge in [-0.1, -0.05) is 0 Å². The van der Waals surface area contributed by atoms with Gasteiger partial charge in [0.05, 0.1) is 10.3 Å². The van der Waals surface area contributed by atoms with Gasteiger partial charge in [-0.3, -0.25) is 9.11 Å². The minimum absolute atomic E-state index is 0.0560. The van der Waals surface area contributed by atoms with Gasteiger partial charge in [0.2, 0.25) is 5.69 Å². The van der Waals surface area contributed by atoms with E-state index in [9.17, 15) is 16.8 Å². The largest absolute Gasteiger partial charge is 0.294 e. The van der Waals surface area contributed by atoms with Crippen LogP contribution in [0.4, 0.5) is 5.69 Å². The minimum atomic E-state index is -4.30. The van der Waals surface area contributed by atoms with Crippen molar-refractivity contribution in [2.45, 2.75) is 24.2 Å². The molecule has 0 fully saturated rings. The fraction of sp³-hybridized carbons (Fsp3) is 0.417. The molecule has 0 spiro atoms. The maximum absolute atomic E-state index is 11.2. The summed E-state index contributed by atoms with van der Waals surface area (Å²) in [4.78, 5) is -0.209. The highest BCUT2D eigenvalue weighted by Gasteiger charge is 2.38. The van der Waals surface area contributed by atoms with E-state index in [0.29, 0.717) is 11.3 Å². The van der Waals surface area contributed by atoms with Gasteiger partial charge in [0, 0.05) is 11.6 Å². The third-order valence-corrected chi connectivity index (χ3v) is 4.89. The molecular weight excluding hydrogens is 318 g/mol. The second kappa shape index (κ2) is 4.87. The fourth-order valence-corrected chi connectivity index (χ4v) is 3.30. The Morgan fingerprint density at radius 1 is 1.14 bits per heavy atom. The van der Waals surface area contributed by atoms with Gasteiger partial charge < -0.3 is 0 Å². The maximum atomic E-state index is 11.2. The molecule has 116 valence electrons. The second-order valence-electron chi connectivity index (χ2n) is 5.48. The van der Waals surface area contributed by atoms with Crippen molar-refractivity contribution in [3.63, 3.8) is 0 Å². The lowest BCUT2D eigenvalue weighted by Crippen LogP contribution is -2.20. The van der Waals surface area contributed by atoms with Gasteiger partial charge in [-0.25, -0.2) is 4.58 Å². The van der Waals surface area contributed by atoms with Crippen LogP contribution in [0.1, 0.15) is 19.4 Å². The van der Waals surface area contributed by atoms with E-state index in [1.54, 1.807) is 10.8 Å². The molecule has 0 saturated carbocycles. The normalized spacial score (nSPS) is 17.4. The Kier molecular flexibility index (Phi) is 3.73. The topological polar surface area (TPSA) is 112 Å². The molecule has 1 aromatic rings. The molecule has 0 amide bonds. The first-order valence-electron chi connectivity index (χ1n) is 6.10. The van der Waals surface area contributed by atoms with Crippen LogP contribution >= 0.6 is 0 Å². The van der Waals surface area contributed by atoms with E-state index >= 15 is 0 Å². The average molecular weight is 334 g/mol. The first-order chi connectivity index (χ1) is 9.40. The lowest BCUT2D eigenvalue weighted by atomic mass is 9.87. The van der Waals surface area contributed by atoms with Crippen LogP contribution in [0.2, 0.25) is 0 Å². The van der Waals surface area contributed by atoms with E-state index in [-0.39, 0.29) is 11.4 Å². The summed E-state index contributed by atoms with van der Waals surface area (Å²) in [5.74, 6) is -0.431. The summed E-state index contributed by atoms with van der Waals surface area (Å²) in [6, 6.07) is 4.13. The average Bonchev–Trinajstić information content (AvgIpc) is 2.56. The quantitative estimate of drug-likeness (QED) is 0.623. The predicted molar refractivity (Wildman–Crippen MR) is 76.5 cm³/mol. The lowest BCUT2D eigenvalue weighted by Gasteiger charge is -2.11. The first-order valence-corrected chi connectivity index (χ1v) is 9.15. The highest BCUT2D eigenvalue weighted by molar-refractivity contribution is 7.86. The summed E-state index contributed by atoms with van der Waals surface area (Å²) >= 11 is 0. The smallest absolute Gasteiger partial charge is 0.285 e. The van der Waals surface area contributed by atoms with E-state index in [1.807, 2.05) is 13.8 Å². The van der Waals surface area contributed by atoms with E-state index in [0.717, 1.165) is 0 Å². The molecule has 21 heavy (non-hydrogen) atoms. The number of rotatable bonds is 4. The van der Waals surface area contributed by atoms with Crippen molar-refractivity contribution in [2.24, 2.45) is 0 Å². The van der Waals surface area contributed by atoms with Gasteiger partial charge in [0.15, 0.2) is 12.8 Å². The van der Waals surface area contributed by atoms with Crippen LogP contribution < -0.4 is 0 Å². The maximum Gasteiger partial charge on any atom is 0.294 e. The molecule has 0 aliphatic carbocycles. The van der Waals surface area contributed by atoms with E-state index in [1.165, 1.54) is 18.2 Å². The summed E-state index contributed by atoms with van der Waals surface area (Å²) < 4.78 is 63.7. The van der Waals surface area contributed by atoms with Crippen molar-refractivity contribution >= 4 is 32.1 Å². The zero-order valence-electron chi connectivity index (χ0n) is 11.5. The standard InChI is InChI=1S/C12H15NO6S2/c1-12(2)8-13(5-6-20(14,15)16)11-4-3-9(7-10(11)12)21(17,18)19/h3-4,7-8H,5-6H2,1-2H3,(H-,14,15,16,17,18,19)/p+1. The number of nitrogens with zero attached hydrogens (tertiary/aromatic N) is 1. The monoisotopic (exact) mass is 334 g/mol. The molecule has 2 rings (SSSR count). The molecule has 2 N–H and O–H groups in total. The zero-order chi connectivity index (χ0) is 16.1. The molecule has 9 heteroatoms. The summed E-state index contributed by atoms with van der Waals surface area (Å²) in [6.45, 7) is 3.74. The van der Waals surface area contributed by atoms with Crippen LogP contribution in [0.15, 0.2) is 23.1 Å². The molecule has 0 radical (unpaired) electrons. The molecule has 0 aromatic heterocycles. The number of fused-ring (bicyclic) bond motifs is 1. The number of hydrogen-bond acceptors (Lipinski definition) is 4. The van der Waals surface area contributed by atoms with Gasteiger partial charge in [0.25, 0.3) is 20.2 Å². The number of hydrogen-bond donors (Lipinski definition) is 2. The van der Waals surface area contributed by atoms with Crippen molar-refractivity contribution in [2.75, 3.05) is 12.3 Å².